The van der Waals surface area contributed by atoms with Gasteiger partial charge in [0, 0.05) is 40.4 Å². The zero-order valence-corrected chi connectivity index (χ0v) is 25.2. The van der Waals surface area contributed by atoms with Gasteiger partial charge in [-0.15, -0.1) is 0 Å². The van der Waals surface area contributed by atoms with Crippen LogP contribution in [0.2, 0.25) is 6.04 Å². The van der Waals surface area contributed by atoms with E-state index in [0.29, 0.717) is 31.9 Å². The largest absolute Gasteiger partial charge is 0.500 e. The highest BCUT2D eigenvalue weighted by Gasteiger charge is 2.46. The maximum absolute atomic E-state index is 13.5. The van der Waals surface area contributed by atoms with Crippen LogP contribution in [0, 0.1) is 16.7 Å². The Labute approximate surface area is 224 Å². The summed E-state index contributed by atoms with van der Waals surface area (Å²) in [5.41, 5.74) is -2.18. The predicted molar refractivity (Wildman–Crippen MR) is 141 cm³/mol. The lowest BCUT2D eigenvalue weighted by Gasteiger charge is -2.36. The maximum atomic E-state index is 13.5. The van der Waals surface area contributed by atoms with Gasteiger partial charge in [0.25, 0.3) is 0 Å². The quantitative estimate of drug-likeness (QED) is 0.0972. The van der Waals surface area contributed by atoms with Crippen LogP contribution < -0.4 is 0 Å². The van der Waals surface area contributed by atoms with E-state index in [1.165, 1.54) is 21.3 Å². The maximum Gasteiger partial charge on any atom is 0.500 e. The summed E-state index contributed by atoms with van der Waals surface area (Å²) in [6, 6.07) is 0.463. The van der Waals surface area contributed by atoms with E-state index in [9.17, 15) is 14.4 Å². The summed E-state index contributed by atoms with van der Waals surface area (Å²) < 4.78 is 32.6. The van der Waals surface area contributed by atoms with Crippen LogP contribution in [0.1, 0.15) is 79.6 Å². The van der Waals surface area contributed by atoms with Crippen molar-refractivity contribution in [3.8, 4) is 0 Å². The Kier molecular flexibility index (Phi) is 17.1. The molecule has 0 radical (unpaired) electrons. The molecule has 0 aromatic rings. The Bertz CT molecular complexity index is 672. The molecule has 0 aliphatic carbocycles. The van der Waals surface area contributed by atoms with Crippen LogP contribution in [0.5, 0.6) is 0 Å². The molecule has 0 aromatic heterocycles. The van der Waals surface area contributed by atoms with Crippen LogP contribution in [0.25, 0.3) is 0 Å². The van der Waals surface area contributed by atoms with Crippen LogP contribution in [0.4, 0.5) is 0 Å². The first-order valence-electron chi connectivity index (χ1n) is 13.2. The average Bonchev–Trinajstić information content (AvgIpc) is 2.87. The number of carbonyl (C=O) groups is 3. The zero-order chi connectivity index (χ0) is 28.5. The van der Waals surface area contributed by atoms with Crippen LogP contribution in [0.3, 0.4) is 0 Å². The summed E-state index contributed by atoms with van der Waals surface area (Å²) in [5.74, 6) is -1.85. The number of aliphatic hydroxyl groups excluding tert-OH is 1. The first-order valence-corrected chi connectivity index (χ1v) is 15.1. The highest BCUT2D eigenvalue weighted by Crippen LogP contribution is 2.41. The van der Waals surface area contributed by atoms with Gasteiger partial charge in [0.15, 0.2) is 0 Å². The summed E-state index contributed by atoms with van der Waals surface area (Å²) in [6.45, 7) is 9.46. The van der Waals surface area contributed by atoms with E-state index in [0.717, 1.165) is 12.8 Å². The lowest BCUT2D eigenvalue weighted by atomic mass is 9.69. The number of aliphatic hydroxyl groups is 1. The number of esters is 3. The first kappa shape index (κ1) is 35.5. The third-order valence-electron chi connectivity index (χ3n) is 6.47. The average molecular weight is 551 g/mol. The summed E-state index contributed by atoms with van der Waals surface area (Å²) in [7, 11) is 1.77. The van der Waals surface area contributed by atoms with Gasteiger partial charge in [0.1, 0.15) is 0 Å². The smallest absolute Gasteiger partial charge is 0.465 e. The second kappa shape index (κ2) is 17.9. The van der Waals surface area contributed by atoms with Crippen molar-refractivity contribution < 1.29 is 47.0 Å². The van der Waals surface area contributed by atoms with Gasteiger partial charge in [-0.2, -0.15) is 0 Å². The molecule has 0 aromatic carbocycles. The van der Waals surface area contributed by atoms with E-state index in [-0.39, 0.29) is 38.6 Å². The number of unbranched alkanes of at least 4 members (excludes halogenated alkanes) is 1. The molecule has 0 fully saturated rings. The van der Waals surface area contributed by atoms with E-state index >= 15 is 0 Å². The summed E-state index contributed by atoms with van der Waals surface area (Å²) in [5, 5.41) is 8.98. The third-order valence-corrected chi connectivity index (χ3v) is 9.30. The molecular weight excluding hydrogens is 500 g/mol. The molecular formula is C26H50O10Si. The van der Waals surface area contributed by atoms with E-state index in [1.807, 2.05) is 13.8 Å². The van der Waals surface area contributed by atoms with Gasteiger partial charge in [-0.05, 0) is 52.9 Å². The minimum atomic E-state index is -2.80. The van der Waals surface area contributed by atoms with Crippen molar-refractivity contribution in [2.75, 3.05) is 47.8 Å². The molecule has 1 N–H and O–H groups in total. The fraction of sp³-hybridized carbons (Fsp3) is 0.885. The molecule has 37 heavy (non-hydrogen) atoms. The molecule has 0 heterocycles. The summed E-state index contributed by atoms with van der Waals surface area (Å²) in [4.78, 5) is 39.0. The van der Waals surface area contributed by atoms with Crippen LogP contribution in [0.15, 0.2) is 0 Å². The van der Waals surface area contributed by atoms with Crippen molar-refractivity contribution in [2.24, 2.45) is 16.7 Å². The van der Waals surface area contributed by atoms with E-state index in [2.05, 4.69) is 0 Å². The highest BCUT2D eigenvalue weighted by molar-refractivity contribution is 6.60. The molecule has 11 heteroatoms. The molecule has 0 rings (SSSR count). The second-order valence-corrected chi connectivity index (χ2v) is 13.3. The van der Waals surface area contributed by atoms with Gasteiger partial charge < -0.3 is 32.6 Å². The Balaban J connectivity index is 5.63. The topological polar surface area (TPSA) is 127 Å². The van der Waals surface area contributed by atoms with Crippen molar-refractivity contribution in [3.05, 3.63) is 0 Å². The van der Waals surface area contributed by atoms with Gasteiger partial charge >= 0.3 is 26.7 Å². The van der Waals surface area contributed by atoms with Crippen LogP contribution in [-0.2, 0) is 41.9 Å². The SMILES string of the molecule is CCCCOC(=O)C(CC)CC(C)(CC(C)(C)C(=O)OCCCO)C(=O)OCCC[Si](OC)(OC)OC. The van der Waals surface area contributed by atoms with Crippen molar-refractivity contribution in [2.45, 2.75) is 85.6 Å². The Hall–Kier alpha value is -1.53. The van der Waals surface area contributed by atoms with E-state index in [4.69, 9.17) is 32.6 Å². The molecule has 0 amide bonds. The predicted octanol–water partition coefficient (Wildman–Crippen LogP) is 3.91. The second-order valence-electron chi connectivity index (χ2n) is 10.2. The first-order chi connectivity index (χ1) is 17.4. The highest BCUT2D eigenvalue weighted by atomic mass is 28.4. The van der Waals surface area contributed by atoms with Crippen LogP contribution in [-0.4, -0.2) is 79.6 Å². The summed E-state index contributed by atoms with van der Waals surface area (Å²) >= 11 is 0. The molecule has 2 unspecified atom stereocenters. The standard InChI is InChI=1S/C26H50O10Si/c1-9-11-15-34-22(28)21(10-2)19-26(5,20-25(3,4)23(29)35-16-12-14-27)24(30)36-17-13-18-37(31-6,32-7)33-8/h21,27H,9-20H2,1-8H3. The van der Waals surface area contributed by atoms with Crippen molar-refractivity contribution in [3.63, 3.8) is 0 Å². The molecule has 2 atom stereocenters. The van der Waals surface area contributed by atoms with Gasteiger partial charge in [-0.1, -0.05) is 20.3 Å². The molecule has 0 aliphatic heterocycles. The van der Waals surface area contributed by atoms with Gasteiger partial charge in [-0.25, -0.2) is 0 Å². The zero-order valence-electron chi connectivity index (χ0n) is 24.2. The minimum absolute atomic E-state index is 0.0879. The lowest BCUT2D eigenvalue weighted by Crippen LogP contribution is -2.43. The number of carbonyl (C=O) groups excluding carboxylic acids is 3. The Morgan fingerprint density at radius 3 is 1.86 bits per heavy atom. The molecule has 0 aliphatic rings. The fourth-order valence-electron chi connectivity index (χ4n) is 4.26. The molecule has 0 bridgehead atoms. The normalized spacial score (nSPS) is 14.5. The lowest BCUT2D eigenvalue weighted by molar-refractivity contribution is -0.165. The van der Waals surface area contributed by atoms with Crippen molar-refractivity contribution in [1.82, 2.24) is 0 Å². The van der Waals surface area contributed by atoms with Gasteiger partial charge in [-0.3, -0.25) is 14.4 Å². The molecule has 218 valence electrons. The molecule has 0 saturated heterocycles. The van der Waals surface area contributed by atoms with Crippen molar-refractivity contribution >= 4 is 26.7 Å². The molecule has 10 nitrogen and oxygen atoms in total. The number of hydrogen-bond donors (Lipinski definition) is 1. The monoisotopic (exact) mass is 550 g/mol. The number of rotatable bonds is 21. The third kappa shape index (κ3) is 12.2. The Morgan fingerprint density at radius 1 is 0.811 bits per heavy atom. The minimum Gasteiger partial charge on any atom is -0.465 e. The fourth-order valence-corrected chi connectivity index (χ4v) is 5.95. The molecule has 0 saturated carbocycles. The summed E-state index contributed by atoms with van der Waals surface area (Å²) in [6.07, 6.45) is 3.24. The molecule has 0 spiro atoms. The van der Waals surface area contributed by atoms with Crippen molar-refractivity contribution in [1.29, 1.82) is 0 Å². The Morgan fingerprint density at radius 2 is 1.35 bits per heavy atom. The number of hydrogen-bond acceptors (Lipinski definition) is 10. The van der Waals surface area contributed by atoms with E-state index in [1.54, 1.807) is 20.8 Å². The van der Waals surface area contributed by atoms with Gasteiger partial charge in [0.05, 0.1) is 36.6 Å². The van der Waals surface area contributed by atoms with E-state index < -0.39 is 37.5 Å². The van der Waals surface area contributed by atoms with Gasteiger partial charge in [0.2, 0.25) is 0 Å². The van der Waals surface area contributed by atoms with Crippen LogP contribution >= 0.6 is 0 Å². The number of ether oxygens (including phenoxy) is 3.